The molecule has 4 nitrogen and oxygen atoms in total. The molecule has 0 aliphatic heterocycles. The van der Waals surface area contributed by atoms with Gasteiger partial charge in [0.05, 0.1) is 13.3 Å². The molecule has 0 saturated carbocycles. The molecule has 18 heavy (non-hydrogen) atoms. The van der Waals surface area contributed by atoms with E-state index in [9.17, 15) is 0 Å². The molecule has 0 saturated heterocycles. The van der Waals surface area contributed by atoms with Gasteiger partial charge in [0.15, 0.2) is 0 Å². The number of nitrogens with zero attached hydrogens (tertiary/aromatic N) is 3. The predicted molar refractivity (Wildman–Crippen MR) is 70.1 cm³/mol. The lowest BCUT2D eigenvalue weighted by Gasteiger charge is -2.03. The molecule has 5 heteroatoms. The summed E-state index contributed by atoms with van der Waals surface area (Å²) < 4.78 is 7.10. The highest BCUT2D eigenvalue weighted by molar-refractivity contribution is 7.99. The van der Waals surface area contributed by atoms with Gasteiger partial charge in [-0.2, -0.15) is 0 Å². The molecule has 3 aromatic rings. The highest BCUT2D eigenvalue weighted by Gasteiger charge is 2.05. The Morgan fingerprint density at radius 2 is 2.00 bits per heavy atom. The van der Waals surface area contributed by atoms with E-state index >= 15 is 0 Å². The van der Waals surface area contributed by atoms with Crippen molar-refractivity contribution in [1.82, 2.24) is 14.4 Å². The fourth-order valence-electron chi connectivity index (χ4n) is 1.65. The monoisotopic (exact) mass is 257 g/mol. The first-order valence-corrected chi connectivity index (χ1v) is 6.28. The zero-order chi connectivity index (χ0) is 12.4. The van der Waals surface area contributed by atoms with Gasteiger partial charge < -0.3 is 4.74 Å². The largest absolute Gasteiger partial charge is 0.497 e. The van der Waals surface area contributed by atoms with Crippen LogP contribution < -0.4 is 4.74 Å². The molecule has 0 bridgehead atoms. The average Bonchev–Trinajstić information content (AvgIpc) is 2.83. The Balaban J connectivity index is 1.91. The number of hydrogen-bond acceptors (Lipinski definition) is 4. The summed E-state index contributed by atoms with van der Waals surface area (Å²) in [6.45, 7) is 0. The molecule has 0 N–H and O–H groups in total. The van der Waals surface area contributed by atoms with Crippen molar-refractivity contribution < 1.29 is 4.74 Å². The maximum Gasteiger partial charge on any atom is 0.234 e. The summed E-state index contributed by atoms with van der Waals surface area (Å²) in [6.07, 6.45) is 5.53. The van der Waals surface area contributed by atoms with Crippen molar-refractivity contribution in [3.63, 3.8) is 0 Å². The summed E-state index contributed by atoms with van der Waals surface area (Å²) in [5, 5.41) is 1.04. The molecular weight excluding hydrogens is 246 g/mol. The zero-order valence-corrected chi connectivity index (χ0v) is 10.6. The van der Waals surface area contributed by atoms with Crippen LogP contribution in [-0.2, 0) is 0 Å². The molecule has 0 aliphatic carbocycles. The van der Waals surface area contributed by atoms with Gasteiger partial charge in [0.1, 0.15) is 10.8 Å². The Morgan fingerprint density at radius 1 is 1.17 bits per heavy atom. The lowest BCUT2D eigenvalue weighted by molar-refractivity contribution is 0.414. The van der Waals surface area contributed by atoms with Crippen LogP contribution in [-0.4, -0.2) is 21.5 Å². The van der Waals surface area contributed by atoms with Crippen molar-refractivity contribution >= 4 is 17.5 Å². The minimum atomic E-state index is 0.716. The van der Waals surface area contributed by atoms with Crippen LogP contribution in [0.25, 0.3) is 5.78 Å². The van der Waals surface area contributed by atoms with Crippen molar-refractivity contribution in [1.29, 1.82) is 0 Å². The Hall–Kier alpha value is -2.01. The van der Waals surface area contributed by atoms with E-state index in [-0.39, 0.29) is 0 Å². The first-order chi connectivity index (χ1) is 8.86. The highest BCUT2D eigenvalue weighted by atomic mass is 32.2. The number of ether oxygens (including phenoxy) is 1. The fraction of sp³-hybridized carbons (Fsp3) is 0.0769. The third-order valence-corrected chi connectivity index (χ3v) is 3.56. The van der Waals surface area contributed by atoms with Crippen LogP contribution in [0.4, 0.5) is 0 Å². The molecule has 2 aromatic heterocycles. The molecule has 0 atom stereocenters. The Kier molecular flexibility index (Phi) is 2.90. The van der Waals surface area contributed by atoms with E-state index < -0.39 is 0 Å². The van der Waals surface area contributed by atoms with Crippen molar-refractivity contribution in [3.8, 4) is 5.75 Å². The van der Waals surface area contributed by atoms with E-state index in [1.54, 1.807) is 25.1 Å². The number of methoxy groups -OCH3 is 1. The molecule has 2 heterocycles. The molecular formula is C13H11N3OS. The van der Waals surface area contributed by atoms with Crippen molar-refractivity contribution in [3.05, 3.63) is 48.9 Å². The van der Waals surface area contributed by atoms with E-state index in [0.29, 0.717) is 5.78 Å². The summed E-state index contributed by atoms with van der Waals surface area (Å²) in [4.78, 5) is 9.58. The second-order valence-electron chi connectivity index (χ2n) is 3.66. The van der Waals surface area contributed by atoms with Gasteiger partial charge >= 0.3 is 0 Å². The number of imidazole rings is 1. The minimum Gasteiger partial charge on any atom is -0.497 e. The molecule has 0 aliphatic rings. The normalized spacial score (nSPS) is 10.7. The highest BCUT2D eigenvalue weighted by Crippen LogP contribution is 2.28. The van der Waals surface area contributed by atoms with Gasteiger partial charge in [-0.25, -0.2) is 9.97 Å². The van der Waals surface area contributed by atoms with Gasteiger partial charge in [0, 0.05) is 17.3 Å². The second kappa shape index (κ2) is 4.70. The maximum atomic E-state index is 5.14. The third kappa shape index (κ3) is 2.04. The van der Waals surface area contributed by atoms with Crippen LogP contribution in [0.1, 0.15) is 0 Å². The van der Waals surface area contributed by atoms with Gasteiger partial charge in [-0.15, -0.1) is 0 Å². The van der Waals surface area contributed by atoms with Crippen LogP contribution in [0.2, 0.25) is 0 Å². The topological polar surface area (TPSA) is 39.4 Å². The standard InChI is InChI=1S/C13H11N3OS/c1-17-10-3-5-11(6-4-10)18-12-9-15-13-14-7-2-8-16(12)13/h2-9H,1H3. The molecule has 0 amide bonds. The van der Waals surface area contributed by atoms with E-state index in [1.807, 2.05) is 47.1 Å². The number of hydrogen-bond donors (Lipinski definition) is 0. The van der Waals surface area contributed by atoms with Gasteiger partial charge in [-0.05, 0) is 30.3 Å². The van der Waals surface area contributed by atoms with Crippen molar-refractivity contribution in [2.75, 3.05) is 7.11 Å². The van der Waals surface area contributed by atoms with Crippen molar-refractivity contribution in [2.24, 2.45) is 0 Å². The fourth-order valence-corrected chi connectivity index (χ4v) is 2.51. The lowest BCUT2D eigenvalue weighted by atomic mass is 10.3. The second-order valence-corrected chi connectivity index (χ2v) is 4.76. The Labute approximate surface area is 109 Å². The van der Waals surface area contributed by atoms with E-state index in [1.165, 1.54) is 0 Å². The average molecular weight is 257 g/mol. The maximum absolute atomic E-state index is 5.14. The van der Waals surface area contributed by atoms with E-state index in [4.69, 9.17) is 4.74 Å². The summed E-state index contributed by atoms with van der Waals surface area (Å²) >= 11 is 1.65. The van der Waals surface area contributed by atoms with Crippen LogP contribution in [0, 0.1) is 0 Å². The first kappa shape index (κ1) is 11.1. The number of rotatable bonds is 3. The van der Waals surface area contributed by atoms with Gasteiger partial charge in [-0.1, -0.05) is 11.8 Å². The summed E-state index contributed by atoms with van der Waals surface area (Å²) in [7, 11) is 1.66. The third-order valence-electron chi connectivity index (χ3n) is 2.54. The minimum absolute atomic E-state index is 0.716. The van der Waals surface area contributed by atoms with Gasteiger partial charge in [-0.3, -0.25) is 4.40 Å². The van der Waals surface area contributed by atoms with E-state index in [2.05, 4.69) is 9.97 Å². The molecule has 0 radical (unpaired) electrons. The molecule has 0 spiro atoms. The van der Waals surface area contributed by atoms with Crippen LogP contribution >= 0.6 is 11.8 Å². The van der Waals surface area contributed by atoms with Crippen LogP contribution in [0.5, 0.6) is 5.75 Å². The molecule has 0 fully saturated rings. The summed E-state index contributed by atoms with van der Waals surface area (Å²) in [5.74, 6) is 1.58. The van der Waals surface area contributed by atoms with Gasteiger partial charge in [0.2, 0.25) is 5.78 Å². The van der Waals surface area contributed by atoms with Crippen LogP contribution in [0.3, 0.4) is 0 Å². The predicted octanol–water partition coefficient (Wildman–Crippen LogP) is 2.89. The molecule has 1 aromatic carbocycles. The Bertz CT molecular complexity index is 663. The lowest BCUT2D eigenvalue weighted by Crippen LogP contribution is -1.87. The Morgan fingerprint density at radius 3 is 2.78 bits per heavy atom. The van der Waals surface area contributed by atoms with Crippen molar-refractivity contribution in [2.45, 2.75) is 9.92 Å². The summed E-state index contributed by atoms with van der Waals surface area (Å²) in [5.41, 5.74) is 0. The zero-order valence-electron chi connectivity index (χ0n) is 9.78. The number of benzene rings is 1. The number of fused-ring (bicyclic) bond motifs is 1. The molecule has 3 rings (SSSR count). The van der Waals surface area contributed by atoms with E-state index in [0.717, 1.165) is 15.7 Å². The smallest absolute Gasteiger partial charge is 0.234 e. The first-order valence-electron chi connectivity index (χ1n) is 5.47. The number of aromatic nitrogens is 3. The quantitative estimate of drug-likeness (QED) is 0.723. The summed E-state index contributed by atoms with van der Waals surface area (Å²) in [6, 6.07) is 9.85. The SMILES string of the molecule is COc1ccc(Sc2cnc3ncccn23)cc1. The van der Waals surface area contributed by atoms with Gasteiger partial charge in [0.25, 0.3) is 0 Å². The molecule has 0 unspecified atom stereocenters. The molecule has 90 valence electrons. The van der Waals surface area contributed by atoms with Crippen LogP contribution in [0.15, 0.2) is 58.8 Å².